The molecule has 0 saturated carbocycles. The first kappa shape index (κ1) is 27.9. The van der Waals surface area contributed by atoms with Crippen molar-refractivity contribution in [2.24, 2.45) is 0 Å². The van der Waals surface area contributed by atoms with Crippen molar-refractivity contribution in [3.05, 3.63) is 65.1 Å². The van der Waals surface area contributed by atoms with Crippen molar-refractivity contribution in [3.63, 3.8) is 0 Å². The van der Waals surface area contributed by atoms with Crippen LogP contribution in [0.5, 0.6) is 0 Å². The number of piperidine rings is 1. The molecule has 1 atom stereocenters. The highest BCUT2D eigenvalue weighted by Crippen LogP contribution is 2.50. The number of imide groups is 1. The van der Waals surface area contributed by atoms with Gasteiger partial charge in [-0.25, -0.2) is 9.18 Å². The SMILES string of the molecule is CCN1C(=O)N([Si](C)(C)C(C)(C)C)C(=O)C1(c1cn(-c2ccc(F)cc2)c2ccc(Cl)cc12)N1CCCCC1. The van der Waals surface area contributed by atoms with Gasteiger partial charge in [-0.2, -0.15) is 0 Å². The molecule has 3 amide bonds. The highest BCUT2D eigenvalue weighted by Gasteiger charge is 2.66. The minimum atomic E-state index is -2.59. The molecule has 39 heavy (non-hydrogen) atoms. The molecule has 0 N–H and O–H groups in total. The number of urea groups is 1. The van der Waals surface area contributed by atoms with Crippen molar-refractivity contribution < 1.29 is 14.0 Å². The van der Waals surface area contributed by atoms with E-state index in [-0.39, 0.29) is 22.8 Å². The van der Waals surface area contributed by atoms with Crippen molar-refractivity contribution in [3.8, 4) is 5.69 Å². The number of halogens is 2. The zero-order valence-corrected chi connectivity index (χ0v) is 25.5. The van der Waals surface area contributed by atoms with Crippen LogP contribution in [0, 0.1) is 5.82 Å². The smallest absolute Gasteiger partial charge is 0.316 e. The molecule has 2 aliphatic rings. The lowest BCUT2D eigenvalue weighted by atomic mass is 9.92. The van der Waals surface area contributed by atoms with Crippen LogP contribution in [0.4, 0.5) is 9.18 Å². The second-order valence-corrected chi connectivity index (χ2v) is 17.7. The minimum Gasteiger partial charge on any atom is -0.316 e. The van der Waals surface area contributed by atoms with Crippen LogP contribution < -0.4 is 0 Å². The fourth-order valence-electron chi connectivity index (χ4n) is 6.06. The van der Waals surface area contributed by atoms with Gasteiger partial charge in [0.2, 0.25) is 5.66 Å². The quantitative estimate of drug-likeness (QED) is 0.239. The maximum absolute atomic E-state index is 15.1. The molecule has 208 valence electrons. The third kappa shape index (κ3) is 4.14. The Bertz CT molecular complexity index is 1430. The number of aromatic nitrogens is 1. The summed E-state index contributed by atoms with van der Waals surface area (Å²) in [4.78, 5) is 33.4. The Balaban J connectivity index is 1.85. The summed E-state index contributed by atoms with van der Waals surface area (Å²) in [7, 11) is -2.59. The van der Waals surface area contributed by atoms with Gasteiger partial charge in [0.05, 0.1) is 5.52 Å². The number of carbonyl (C=O) groups excluding carboxylic acids is 2. The van der Waals surface area contributed by atoms with E-state index in [1.807, 2.05) is 35.9 Å². The Hall–Kier alpha value is -2.68. The average Bonchev–Trinajstić information content (AvgIpc) is 3.36. The fourth-order valence-corrected chi connectivity index (χ4v) is 8.17. The number of fused-ring (bicyclic) bond motifs is 1. The Kier molecular flexibility index (Phi) is 6.97. The van der Waals surface area contributed by atoms with E-state index in [0.29, 0.717) is 24.7 Å². The molecular formula is C30H38ClFN4O2Si. The first-order valence-corrected chi connectivity index (χ1v) is 17.2. The molecule has 5 rings (SSSR count). The molecule has 2 aromatic carbocycles. The number of likely N-dealkylation sites (tertiary alicyclic amines) is 1. The Morgan fingerprint density at radius 1 is 1.00 bits per heavy atom. The first-order chi connectivity index (χ1) is 18.4. The van der Waals surface area contributed by atoms with E-state index < -0.39 is 13.9 Å². The molecule has 0 spiro atoms. The van der Waals surface area contributed by atoms with Crippen LogP contribution >= 0.6 is 11.6 Å². The van der Waals surface area contributed by atoms with Crippen molar-refractivity contribution in [2.45, 2.75) is 70.8 Å². The Morgan fingerprint density at radius 2 is 1.64 bits per heavy atom. The van der Waals surface area contributed by atoms with Crippen LogP contribution in [0.15, 0.2) is 48.7 Å². The van der Waals surface area contributed by atoms with E-state index in [1.54, 1.807) is 21.6 Å². The molecule has 3 aromatic rings. The average molecular weight is 569 g/mol. The number of rotatable bonds is 5. The number of nitrogens with zero attached hydrogens (tertiary/aromatic N) is 4. The van der Waals surface area contributed by atoms with Crippen molar-refractivity contribution in [1.29, 1.82) is 0 Å². The van der Waals surface area contributed by atoms with E-state index in [1.165, 1.54) is 12.1 Å². The molecule has 0 aliphatic carbocycles. The number of likely N-dealkylation sites (N-methyl/N-ethyl adjacent to an activating group) is 1. The molecule has 0 radical (unpaired) electrons. The summed E-state index contributed by atoms with van der Waals surface area (Å²) >= 11 is 6.56. The monoisotopic (exact) mass is 568 g/mol. The van der Waals surface area contributed by atoms with Gasteiger partial charge in [-0.1, -0.05) is 51.9 Å². The van der Waals surface area contributed by atoms with Crippen LogP contribution in [-0.2, 0) is 10.5 Å². The van der Waals surface area contributed by atoms with Gasteiger partial charge in [0.25, 0.3) is 5.91 Å². The summed E-state index contributed by atoms with van der Waals surface area (Å²) in [5.74, 6) is -0.483. The largest absolute Gasteiger partial charge is 0.320 e. The van der Waals surface area contributed by atoms with Crippen LogP contribution in [0.2, 0.25) is 23.2 Å². The van der Waals surface area contributed by atoms with E-state index in [0.717, 1.165) is 41.4 Å². The maximum Gasteiger partial charge on any atom is 0.320 e. The second kappa shape index (κ2) is 9.75. The van der Waals surface area contributed by atoms with Gasteiger partial charge in [0, 0.05) is 47.5 Å². The molecular weight excluding hydrogens is 531 g/mol. The molecule has 1 unspecified atom stereocenters. The predicted octanol–water partition coefficient (Wildman–Crippen LogP) is 7.35. The normalized spacial score (nSPS) is 21.4. The second-order valence-electron chi connectivity index (χ2n) is 12.2. The summed E-state index contributed by atoms with van der Waals surface area (Å²) < 4.78 is 17.5. The number of hydrogen-bond acceptors (Lipinski definition) is 3. The number of amides is 3. The van der Waals surface area contributed by atoms with E-state index in [9.17, 15) is 9.18 Å². The maximum atomic E-state index is 15.1. The summed E-state index contributed by atoms with van der Waals surface area (Å²) in [6, 6.07) is 11.7. The first-order valence-electron chi connectivity index (χ1n) is 13.8. The van der Waals surface area contributed by atoms with Gasteiger partial charge in [-0.3, -0.25) is 19.2 Å². The molecule has 2 fully saturated rings. The van der Waals surface area contributed by atoms with Gasteiger partial charge < -0.3 is 4.57 Å². The minimum absolute atomic E-state index is 0.166. The predicted molar refractivity (Wildman–Crippen MR) is 157 cm³/mol. The number of hydrogen-bond donors (Lipinski definition) is 0. The summed E-state index contributed by atoms with van der Waals surface area (Å²) in [6.45, 7) is 14.4. The molecule has 6 nitrogen and oxygen atoms in total. The third-order valence-electron chi connectivity index (χ3n) is 9.09. The topological polar surface area (TPSA) is 48.8 Å². The van der Waals surface area contributed by atoms with Gasteiger partial charge in [0.15, 0.2) is 8.24 Å². The van der Waals surface area contributed by atoms with Crippen molar-refractivity contribution in [1.82, 2.24) is 18.9 Å². The molecule has 1 aromatic heterocycles. The van der Waals surface area contributed by atoms with Crippen LogP contribution in [-0.4, -0.2) is 58.7 Å². The van der Waals surface area contributed by atoms with Crippen LogP contribution in [0.3, 0.4) is 0 Å². The standard InChI is InChI=1S/C30H38ClFN4O2Si/c1-7-35-28(38)36(39(5,6)29(2,3)4)27(37)30(35,33-17-9-8-10-18-33)25-20-34(23-14-12-22(32)13-15-23)26-16-11-21(31)19-24(25)26/h11-16,19-20H,7-10,17-18H2,1-6H3. The zero-order valence-electron chi connectivity index (χ0n) is 23.7. The van der Waals surface area contributed by atoms with Crippen molar-refractivity contribution >= 4 is 42.7 Å². The Labute approximate surface area is 236 Å². The molecule has 2 saturated heterocycles. The molecule has 3 heterocycles. The zero-order chi connectivity index (χ0) is 28.3. The summed E-state index contributed by atoms with van der Waals surface area (Å²) in [6.07, 6.45) is 4.97. The lowest BCUT2D eigenvalue weighted by Gasteiger charge is -2.46. The molecule has 0 bridgehead atoms. The highest BCUT2D eigenvalue weighted by atomic mass is 35.5. The van der Waals surface area contributed by atoms with Crippen LogP contribution in [0.1, 0.15) is 52.5 Å². The lowest BCUT2D eigenvalue weighted by Crippen LogP contribution is -2.62. The lowest BCUT2D eigenvalue weighted by molar-refractivity contribution is -0.144. The number of benzene rings is 2. The molecule has 2 aliphatic heterocycles. The fraction of sp³-hybridized carbons (Fsp3) is 0.467. The highest BCUT2D eigenvalue weighted by molar-refractivity contribution is 6.82. The van der Waals surface area contributed by atoms with E-state index in [2.05, 4.69) is 38.8 Å². The van der Waals surface area contributed by atoms with Crippen LogP contribution in [0.25, 0.3) is 16.6 Å². The third-order valence-corrected chi connectivity index (χ3v) is 14.5. The van der Waals surface area contributed by atoms with E-state index >= 15 is 4.79 Å². The van der Waals surface area contributed by atoms with E-state index in [4.69, 9.17) is 11.6 Å². The van der Waals surface area contributed by atoms with Gasteiger partial charge >= 0.3 is 6.03 Å². The molecule has 9 heteroatoms. The number of carbonyl (C=O) groups is 2. The van der Waals surface area contributed by atoms with Gasteiger partial charge in [0.1, 0.15) is 5.82 Å². The Morgan fingerprint density at radius 3 is 2.23 bits per heavy atom. The summed E-state index contributed by atoms with van der Waals surface area (Å²) in [5, 5.41) is 1.14. The van der Waals surface area contributed by atoms with Gasteiger partial charge in [-0.15, -0.1) is 0 Å². The van der Waals surface area contributed by atoms with Gasteiger partial charge in [-0.05, 0) is 67.3 Å². The summed E-state index contributed by atoms with van der Waals surface area (Å²) in [5.41, 5.74) is 1.06. The van der Waals surface area contributed by atoms with Crippen molar-refractivity contribution in [2.75, 3.05) is 19.6 Å².